The number of nitrogens with one attached hydrogen (secondary N) is 1. The monoisotopic (exact) mass is 455 g/mol. The summed E-state index contributed by atoms with van der Waals surface area (Å²) in [5.41, 5.74) is 7.57. The van der Waals surface area contributed by atoms with E-state index in [9.17, 15) is 0 Å². The summed E-state index contributed by atoms with van der Waals surface area (Å²) in [5.74, 6) is 1.32. The first kappa shape index (κ1) is 24.7. The van der Waals surface area contributed by atoms with E-state index in [1.54, 1.807) is 12.4 Å². The number of rotatable bonds is 12. The van der Waals surface area contributed by atoms with Crippen LogP contribution in [-0.2, 0) is 0 Å². The van der Waals surface area contributed by atoms with Crippen LogP contribution >= 0.6 is 0 Å². The van der Waals surface area contributed by atoms with Gasteiger partial charge in [-0.25, -0.2) is 0 Å². The van der Waals surface area contributed by atoms with Crippen molar-refractivity contribution in [1.29, 1.82) is 0 Å². The smallest absolute Gasteiger partial charge is 0.299 e. The first-order valence-corrected chi connectivity index (χ1v) is 11.6. The molecule has 1 aliphatic carbocycles. The Bertz CT molecular complexity index is 904. The third-order valence-corrected chi connectivity index (χ3v) is 5.74. The lowest BCUT2D eigenvalue weighted by Gasteiger charge is -2.27. The number of para-hydroxylation sites is 1. The number of hydrogen-bond acceptors (Lipinski definition) is 9. The highest BCUT2D eigenvalue weighted by Gasteiger charge is 2.21. The molecule has 0 atom stereocenters. The Morgan fingerprint density at radius 3 is 2.76 bits per heavy atom. The predicted octanol–water partition coefficient (Wildman–Crippen LogP) is 3.53. The molecule has 9 nitrogen and oxygen atoms in total. The minimum atomic E-state index is 0.167. The topological polar surface area (TPSA) is 105 Å². The molecule has 1 aliphatic rings. The van der Waals surface area contributed by atoms with Crippen molar-refractivity contribution in [3.8, 4) is 5.75 Å². The average Bonchev–Trinajstić information content (AvgIpc) is 3.27. The number of hydrogen-bond donors (Lipinski definition) is 2. The molecule has 0 amide bonds. The van der Waals surface area contributed by atoms with Crippen molar-refractivity contribution >= 4 is 30.5 Å². The van der Waals surface area contributed by atoms with Crippen LogP contribution in [-0.4, -0.2) is 75.4 Å². The van der Waals surface area contributed by atoms with Crippen molar-refractivity contribution in [2.45, 2.75) is 44.8 Å². The van der Waals surface area contributed by atoms with E-state index < -0.39 is 0 Å². The molecule has 0 bridgehead atoms. The first-order valence-electron chi connectivity index (χ1n) is 11.6. The molecule has 33 heavy (non-hydrogen) atoms. The van der Waals surface area contributed by atoms with Gasteiger partial charge in [0, 0.05) is 37.5 Å². The van der Waals surface area contributed by atoms with Crippen molar-refractivity contribution in [1.82, 2.24) is 9.88 Å². The second-order valence-electron chi connectivity index (χ2n) is 8.54. The number of benzene rings is 1. The van der Waals surface area contributed by atoms with Gasteiger partial charge in [-0.05, 0) is 59.5 Å². The van der Waals surface area contributed by atoms with E-state index in [0.717, 1.165) is 56.6 Å². The van der Waals surface area contributed by atoms with Crippen LogP contribution in [0.15, 0.2) is 38.8 Å². The summed E-state index contributed by atoms with van der Waals surface area (Å²) in [5, 5.41) is 3.15. The van der Waals surface area contributed by atoms with E-state index >= 15 is 0 Å². The van der Waals surface area contributed by atoms with E-state index in [2.05, 4.69) is 57.8 Å². The highest BCUT2D eigenvalue weighted by Crippen LogP contribution is 2.33. The molecule has 180 valence electrons. The molecule has 0 aliphatic heterocycles. The van der Waals surface area contributed by atoms with Crippen molar-refractivity contribution in [3.63, 3.8) is 0 Å². The van der Waals surface area contributed by atoms with E-state index in [1.165, 1.54) is 0 Å². The molecule has 0 saturated heterocycles. The van der Waals surface area contributed by atoms with Crippen LogP contribution in [0.1, 0.15) is 38.2 Å². The Morgan fingerprint density at radius 1 is 1.27 bits per heavy atom. The molecular formula is C24H37N7O2. The maximum absolute atomic E-state index is 6.21. The Kier molecular flexibility index (Phi) is 9.26. The van der Waals surface area contributed by atoms with Gasteiger partial charge in [0.2, 0.25) is 5.88 Å². The van der Waals surface area contributed by atoms with Gasteiger partial charge in [0.25, 0.3) is 6.01 Å². The lowest BCUT2D eigenvalue weighted by atomic mass is 9.93. The zero-order valence-electron chi connectivity index (χ0n) is 20.0. The molecule has 9 heteroatoms. The minimum absolute atomic E-state index is 0.167. The second kappa shape index (κ2) is 12.4. The molecular weight excluding hydrogens is 418 g/mol. The van der Waals surface area contributed by atoms with Crippen LogP contribution < -0.4 is 20.7 Å². The van der Waals surface area contributed by atoms with Crippen LogP contribution in [0.3, 0.4) is 0 Å². The van der Waals surface area contributed by atoms with E-state index in [4.69, 9.17) is 14.9 Å². The molecule has 1 aromatic heterocycles. The zero-order valence-corrected chi connectivity index (χ0v) is 20.0. The summed E-state index contributed by atoms with van der Waals surface area (Å²) in [6, 6.07) is 6.73. The van der Waals surface area contributed by atoms with E-state index in [-0.39, 0.29) is 12.1 Å². The van der Waals surface area contributed by atoms with E-state index in [1.807, 2.05) is 18.2 Å². The molecule has 0 unspecified atom stereocenters. The number of aliphatic imine (C=N–C) groups is 2. The van der Waals surface area contributed by atoms with Gasteiger partial charge in [0.1, 0.15) is 18.1 Å². The Morgan fingerprint density at radius 2 is 2.06 bits per heavy atom. The minimum Gasteiger partial charge on any atom is -0.488 e. The SMILES string of the molecule is C=Nc1c(/C=N\CNc2cnc(N(CC)CCN(C)C)o2)cccc1OC1CCC(N)CC1. The molecule has 1 fully saturated rings. The fourth-order valence-electron chi connectivity index (χ4n) is 3.76. The van der Waals surface area contributed by atoms with Gasteiger partial charge in [0.15, 0.2) is 0 Å². The van der Waals surface area contributed by atoms with Gasteiger partial charge in [0.05, 0.1) is 12.3 Å². The van der Waals surface area contributed by atoms with Crippen LogP contribution in [0.4, 0.5) is 17.6 Å². The van der Waals surface area contributed by atoms with Crippen LogP contribution in [0.5, 0.6) is 5.75 Å². The standard InChI is InChI=1S/C24H37N7O2/c1-5-31(14-13-30(3)4)24-28-16-22(33-24)29-17-27-15-18-7-6-8-21(23(18)26-2)32-20-11-9-19(25)10-12-20/h6-8,15-16,19-20,29H,2,5,9-14,17,25H2,1,3-4H3/b27-15-. The lowest BCUT2D eigenvalue weighted by molar-refractivity contribution is 0.148. The largest absolute Gasteiger partial charge is 0.488 e. The third kappa shape index (κ3) is 7.30. The molecule has 1 aromatic carbocycles. The Labute approximate surface area is 196 Å². The number of likely N-dealkylation sites (N-methyl/N-ethyl adjacent to an activating group) is 2. The molecule has 2 aromatic rings. The Hall–Kier alpha value is -2.91. The zero-order chi connectivity index (χ0) is 23.6. The van der Waals surface area contributed by atoms with Crippen molar-refractivity contribution in [3.05, 3.63) is 30.0 Å². The van der Waals surface area contributed by atoms with Gasteiger partial charge in [-0.1, -0.05) is 12.1 Å². The van der Waals surface area contributed by atoms with Crippen LogP contribution in [0.25, 0.3) is 0 Å². The van der Waals surface area contributed by atoms with Gasteiger partial charge in [-0.15, -0.1) is 0 Å². The molecule has 1 saturated carbocycles. The van der Waals surface area contributed by atoms with Crippen LogP contribution in [0.2, 0.25) is 0 Å². The van der Waals surface area contributed by atoms with Crippen LogP contribution in [0, 0.1) is 0 Å². The molecule has 3 rings (SSSR count). The number of aromatic nitrogens is 1. The van der Waals surface area contributed by atoms with Gasteiger partial charge >= 0.3 is 0 Å². The first-order chi connectivity index (χ1) is 16.0. The number of ether oxygens (including phenoxy) is 1. The summed E-state index contributed by atoms with van der Waals surface area (Å²) < 4.78 is 12.0. The summed E-state index contributed by atoms with van der Waals surface area (Å²) in [6.45, 7) is 8.77. The third-order valence-electron chi connectivity index (χ3n) is 5.74. The number of nitrogens with two attached hydrogens (primary N) is 1. The Balaban J connectivity index is 1.56. The fourth-order valence-corrected chi connectivity index (χ4v) is 3.76. The van der Waals surface area contributed by atoms with Crippen molar-refractivity contribution in [2.24, 2.45) is 15.7 Å². The quantitative estimate of drug-likeness (QED) is 0.472. The summed E-state index contributed by atoms with van der Waals surface area (Å²) in [6.07, 6.45) is 7.53. The maximum Gasteiger partial charge on any atom is 0.299 e. The molecule has 0 spiro atoms. The molecule has 3 N–H and O–H groups in total. The maximum atomic E-state index is 6.21. The second-order valence-corrected chi connectivity index (χ2v) is 8.54. The van der Waals surface area contributed by atoms with Crippen molar-refractivity contribution < 1.29 is 9.15 Å². The molecule has 1 heterocycles. The predicted molar refractivity (Wildman–Crippen MR) is 136 cm³/mol. The summed E-state index contributed by atoms with van der Waals surface area (Å²) in [4.78, 5) is 17.3. The van der Waals surface area contributed by atoms with Crippen molar-refractivity contribution in [2.75, 3.05) is 50.6 Å². The number of oxazole rings is 1. The van der Waals surface area contributed by atoms with Gasteiger partial charge < -0.3 is 30.0 Å². The fraction of sp³-hybridized carbons (Fsp3) is 0.542. The van der Waals surface area contributed by atoms with Gasteiger partial charge in [-0.2, -0.15) is 4.98 Å². The molecule has 0 radical (unpaired) electrons. The van der Waals surface area contributed by atoms with E-state index in [0.29, 0.717) is 24.3 Å². The summed E-state index contributed by atoms with van der Waals surface area (Å²) in [7, 11) is 4.10. The lowest BCUT2D eigenvalue weighted by Crippen LogP contribution is -2.31. The highest BCUT2D eigenvalue weighted by molar-refractivity contribution is 5.89. The highest BCUT2D eigenvalue weighted by atomic mass is 16.5. The normalized spacial score (nSPS) is 18.6. The number of nitrogens with zero attached hydrogens (tertiary/aromatic N) is 5. The summed E-state index contributed by atoms with van der Waals surface area (Å²) >= 11 is 0. The number of anilines is 2. The average molecular weight is 456 g/mol. The van der Waals surface area contributed by atoms with Gasteiger partial charge in [-0.3, -0.25) is 9.98 Å².